The number of carbonyl (C=O) groups excluding carboxylic acids is 1. The van der Waals surface area contributed by atoms with Gasteiger partial charge in [-0.05, 0) is 49.8 Å². The molecule has 5 nitrogen and oxygen atoms in total. The van der Waals surface area contributed by atoms with Crippen molar-refractivity contribution in [1.29, 1.82) is 0 Å². The number of thioether (sulfide) groups is 1. The molecular weight excluding hydrogens is 308 g/mol. The smallest absolute Gasteiger partial charge is 0.323 e. The van der Waals surface area contributed by atoms with Gasteiger partial charge in [-0.1, -0.05) is 6.92 Å². The van der Waals surface area contributed by atoms with E-state index in [0.717, 1.165) is 31.0 Å². The average Bonchev–Trinajstić information content (AvgIpc) is 2.78. The summed E-state index contributed by atoms with van der Waals surface area (Å²) in [5.74, 6) is 2.71. The molecule has 0 aromatic carbocycles. The number of carbonyl (C=O) groups is 1. The fraction of sp³-hybridized carbons (Fsp3) is 0.647. The number of hydrogen-bond donors (Lipinski definition) is 1. The minimum absolute atomic E-state index is 0.0151. The molecule has 0 unspecified atom stereocenters. The standard InChI is InChI=1S/C17H26N4OS/c1-3-23-12-13-6-8-18-16(10-13)19-17(22)21-9-7-14-4-5-15(11-21)20(14)2/h6,8,10,14-15H,3-5,7,9,11-12H2,1-2H3,(H,18,19,22)/t14-,15+/m1/s1. The lowest BCUT2D eigenvalue weighted by atomic mass is 10.1. The van der Waals surface area contributed by atoms with Crippen LogP contribution < -0.4 is 5.32 Å². The third-order valence-electron chi connectivity index (χ3n) is 4.97. The maximum Gasteiger partial charge on any atom is 0.323 e. The Morgan fingerprint density at radius 1 is 1.39 bits per heavy atom. The van der Waals surface area contributed by atoms with E-state index in [1.54, 1.807) is 6.20 Å². The number of hydrogen-bond acceptors (Lipinski definition) is 4. The van der Waals surface area contributed by atoms with Crippen molar-refractivity contribution in [3.63, 3.8) is 0 Å². The second-order valence-electron chi connectivity index (χ2n) is 6.40. The van der Waals surface area contributed by atoms with Gasteiger partial charge in [-0.25, -0.2) is 9.78 Å². The number of fused-ring (bicyclic) bond motifs is 2. The predicted molar refractivity (Wildman–Crippen MR) is 95.9 cm³/mol. The third-order valence-corrected chi connectivity index (χ3v) is 5.91. The average molecular weight is 334 g/mol. The minimum Gasteiger partial charge on any atom is -0.323 e. The van der Waals surface area contributed by atoms with Crippen LogP contribution in [0.2, 0.25) is 0 Å². The van der Waals surface area contributed by atoms with Crippen molar-refractivity contribution in [3.05, 3.63) is 23.9 Å². The Hall–Kier alpha value is -1.27. The number of likely N-dealkylation sites (N-methyl/N-ethyl adjacent to an activating group) is 1. The fourth-order valence-electron chi connectivity index (χ4n) is 3.53. The van der Waals surface area contributed by atoms with Crippen molar-refractivity contribution in [2.75, 3.05) is 31.2 Å². The summed E-state index contributed by atoms with van der Waals surface area (Å²) in [4.78, 5) is 21.3. The molecule has 2 fully saturated rings. The first-order valence-corrected chi connectivity index (χ1v) is 9.63. The maximum absolute atomic E-state index is 12.6. The van der Waals surface area contributed by atoms with Gasteiger partial charge in [0.2, 0.25) is 0 Å². The molecule has 6 heteroatoms. The Bertz CT molecular complexity index is 553. The van der Waals surface area contributed by atoms with Gasteiger partial charge in [0.1, 0.15) is 5.82 Å². The summed E-state index contributed by atoms with van der Waals surface area (Å²) in [6, 6.07) is 5.13. The van der Waals surface area contributed by atoms with E-state index >= 15 is 0 Å². The lowest BCUT2D eigenvalue weighted by Crippen LogP contribution is -2.41. The minimum atomic E-state index is -0.0151. The van der Waals surface area contributed by atoms with Crippen LogP contribution in [0.4, 0.5) is 10.6 Å². The predicted octanol–water partition coefficient (Wildman–Crippen LogP) is 3.04. The maximum atomic E-state index is 12.6. The third kappa shape index (κ3) is 3.98. The molecule has 3 rings (SSSR count). The summed E-state index contributed by atoms with van der Waals surface area (Å²) in [5.41, 5.74) is 1.21. The van der Waals surface area contributed by atoms with E-state index in [0.29, 0.717) is 17.9 Å². The number of rotatable bonds is 4. The number of pyridine rings is 1. The van der Waals surface area contributed by atoms with Crippen LogP contribution in [0, 0.1) is 0 Å². The van der Waals surface area contributed by atoms with Crippen LogP contribution in [0.5, 0.6) is 0 Å². The molecule has 0 spiro atoms. The highest BCUT2D eigenvalue weighted by Crippen LogP contribution is 2.28. The first-order chi connectivity index (χ1) is 11.2. The normalized spacial score (nSPS) is 24.5. The van der Waals surface area contributed by atoms with E-state index < -0.39 is 0 Å². The quantitative estimate of drug-likeness (QED) is 0.919. The molecule has 0 radical (unpaired) electrons. The Balaban J connectivity index is 1.60. The molecule has 2 bridgehead atoms. The van der Waals surface area contributed by atoms with Crippen LogP contribution in [0.25, 0.3) is 0 Å². The zero-order valence-electron chi connectivity index (χ0n) is 14.0. The van der Waals surface area contributed by atoms with Gasteiger partial charge in [0.15, 0.2) is 0 Å². The van der Waals surface area contributed by atoms with Crippen molar-refractivity contribution >= 4 is 23.6 Å². The van der Waals surface area contributed by atoms with Crippen molar-refractivity contribution in [3.8, 4) is 0 Å². The number of urea groups is 1. The first-order valence-electron chi connectivity index (χ1n) is 8.48. The lowest BCUT2D eigenvalue weighted by Gasteiger charge is -2.25. The van der Waals surface area contributed by atoms with Crippen molar-refractivity contribution in [1.82, 2.24) is 14.8 Å². The highest BCUT2D eigenvalue weighted by molar-refractivity contribution is 7.98. The zero-order chi connectivity index (χ0) is 16.2. The van der Waals surface area contributed by atoms with Gasteiger partial charge in [-0.3, -0.25) is 10.2 Å². The molecule has 1 N–H and O–H groups in total. The van der Waals surface area contributed by atoms with E-state index in [1.807, 2.05) is 28.8 Å². The first kappa shape index (κ1) is 16.6. The second kappa shape index (κ2) is 7.53. The van der Waals surface area contributed by atoms with Crippen molar-refractivity contribution in [2.24, 2.45) is 0 Å². The molecule has 2 saturated heterocycles. The molecule has 0 aliphatic carbocycles. The summed E-state index contributed by atoms with van der Waals surface area (Å²) in [6.45, 7) is 3.81. The van der Waals surface area contributed by atoms with Gasteiger partial charge in [-0.2, -0.15) is 11.8 Å². The SMILES string of the molecule is CCSCc1ccnc(NC(=O)N2CC[C@H]3CC[C@@H](C2)N3C)c1. The number of amides is 2. The molecule has 1 aromatic rings. The van der Waals surface area contributed by atoms with Gasteiger partial charge in [0, 0.05) is 37.1 Å². The van der Waals surface area contributed by atoms with E-state index in [2.05, 4.69) is 29.2 Å². The number of anilines is 1. The van der Waals surface area contributed by atoms with Crippen LogP contribution in [0.15, 0.2) is 18.3 Å². The summed E-state index contributed by atoms with van der Waals surface area (Å²) in [5, 5.41) is 2.98. The molecule has 2 aliphatic rings. The second-order valence-corrected chi connectivity index (χ2v) is 7.68. The van der Waals surface area contributed by atoms with E-state index in [1.165, 1.54) is 18.4 Å². The van der Waals surface area contributed by atoms with Gasteiger partial charge in [0.05, 0.1) is 0 Å². The monoisotopic (exact) mass is 334 g/mol. The summed E-state index contributed by atoms with van der Waals surface area (Å²) in [7, 11) is 2.19. The topological polar surface area (TPSA) is 48.5 Å². The number of nitrogens with zero attached hydrogens (tertiary/aromatic N) is 3. The Morgan fingerprint density at radius 2 is 2.22 bits per heavy atom. The molecule has 2 amide bonds. The molecule has 2 atom stereocenters. The summed E-state index contributed by atoms with van der Waals surface area (Å²) < 4.78 is 0. The Kier molecular flexibility index (Phi) is 5.43. The zero-order valence-corrected chi connectivity index (χ0v) is 14.8. The summed E-state index contributed by atoms with van der Waals surface area (Å²) >= 11 is 1.87. The Morgan fingerprint density at radius 3 is 3.04 bits per heavy atom. The van der Waals surface area contributed by atoms with Crippen LogP contribution in [0.3, 0.4) is 0 Å². The van der Waals surface area contributed by atoms with Crippen molar-refractivity contribution < 1.29 is 4.79 Å². The Labute approximate surface area is 142 Å². The van der Waals surface area contributed by atoms with E-state index in [9.17, 15) is 4.79 Å². The summed E-state index contributed by atoms with van der Waals surface area (Å²) in [6.07, 6.45) is 5.32. The lowest BCUT2D eigenvalue weighted by molar-refractivity contribution is 0.200. The van der Waals surface area contributed by atoms with E-state index in [4.69, 9.17) is 0 Å². The number of likely N-dealkylation sites (tertiary alicyclic amines) is 1. The molecule has 23 heavy (non-hydrogen) atoms. The van der Waals surface area contributed by atoms with E-state index in [-0.39, 0.29) is 6.03 Å². The van der Waals surface area contributed by atoms with Crippen LogP contribution in [0.1, 0.15) is 31.7 Å². The molecule has 2 aliphatic heterocycles. The molecule has 126 valence electrons. The van der Waals surface area contributed by atoms with Gasteiger partial charge >= 0.3 is 6.03 Å². The number of nitrogens with one attached hydrogen (secondary N) is 1. The largest absolute Gasteiger partial charge is 0.323 e. The fourth-order valence-corrected chi connectivity index (χ4v) is 4.15. The van der Waals surface area contributed by atoms with Crippen molar-refractivity contribution in [2.45, 2.75) is 44.0 Å². The van der Waals surface area contributed by atoms with Crippen LogP contribution in [-0.4, -0.2) is 58.8 Å². The van der Waals surface area contributed by atoms with Crippen LogP contribution >= 0.6 is 11.8 Å². The van der Waals surface area contributed by atoms with Gasteiger partial charge in [0.25, 0.3) is 0 Å². The van der Waals surface area contributed by atoms with Crippen LogP contribution in [-0.2, 0) is 5.75 Å². The molecule has 1 aromatic heterocycles. The molecular formula is C17H26N4OS. The molecule has 3 heterocycles. The van der Waals surface area contributed by atoms with Gasteiger partial charge in [-0.15, -0.1) is 0 Å². The highest BCUT2D eigenvalue weighted by atomic mass is 32.2. The number of aromatic nitrogens is 1. The molecule has 0 saturated carbocycles. The highest BCUT2D eigenvalue weighted by Gasteiger charge is 2.35. The van der Waals surface area contributed by atoms with Gasteiger partial charge < -0.3 is 4.90 Å².